The fourth-order valence-electron chi connectivity index (χ4n) is 6.08. The normalized spacial score (nSPS) is 37.8. The summed E-state index contributed by atoms with van der Waals surface area (Å²) in [5.74, 6) is 3.18. The second-order valence-electron chi connectivity index (χ2n) is 8.94. The highest BCUT2D eigenvalue weighted by molar-refractivity contribution is 6.01. The first kappa shape index (κ1) is 16.2. The molecule has 0 bridgehead atoms. The fourth-order valence-corrected chi connectivity index (χ4v) is 6.08. The van der Waals surface area contributed by atoms with E-state index < -0.39 is 0 Å². The third-order valence-corrected chi connectivity index (χ3v) is 7.17. The highest BCUT2D eigenvalue weighted by Crippen LogP contribution is 2.62. The second-order valence-corrected chi connectivity index (χ2v) is 8.94. The number of Topliss-reactive ketones (excluding diaryl/α,β-unsaturated/α-hetero) is 1. The summed E-state index contributed by atoms with van der Waals surface area (Å²) in [7, 11) is 0. The van der Waals surface area contributed by atoms with Crippen molar-refractivity contribution in [3.8, 4) is 5.75 Å². The standard InChI is InChI=1S/C22H30O2/c1-13(2)24-15-7-8-16-17-9-11-22(4)10-5-6-19(22)20(17)14(3)21(23)18(16)12-15/h7-8,12-14,17,19-20H,5-6,9-11H2,1-4H3/t14-,17?,19?,20?,22-/m0/s1. The predicted octanol–water partition coefficient (Wildman–Crippen LogP) is 5.61. The highest BCUT2D eigenvalue weighted by atomic mass is 16.5. The number of benzene rings is 1. The highest BCUT2D eigenvalue weighted by Gasteiger charge is 2.54. The Labute approximate surface area is 146 Å². The average molecular weight is 326 g/mol. The van der Waals surface area contributed by atoms with Crippen LogP contribution in [0.15, 0.2) is 18.2 Å². The summed E-state index contributed by atoms with van der Waals surface area (Å²) in [6.45, 7) is 8.72. The quantitative estimate of drug-likeness (QED) is 0.706. The Morgan fingerprint density at radius 1 is 1.21 bits per heavy atom. The van der Waals surface area contributed by atoms with Crippen LogP contribution in [-0.2, 0) is 0 Å². The molecule has 0 radical (unpaired) electrons. The summed E-state index contributed by atoms with van der Waals surface area (Å²) in [5, 5.41) is 0. The van der Waals surface area contributed by atoms with E-state index in [1.165, 1.54) is 37.7 Å². The maximum absolute atomic E-state index is 13.1. The molecule has 5 atom stereocenters. The number of carbonyl (C=O) groups is 1. The number of carbonyl (C=O) groups excluding carboxylic acids is 1. The van der Waals surface area contributed by atoms with E-state index >= 15 is 0 Å². The van der Waals surface area contributed by atoms with Crippen LogP contribution in [0.25, 0.3) is 0 Å². The Hall–Kier alpha value is -1.31. The van der Waals surface area contributed by atoms with Crippen LogP contribution in [0.2, 0.25) is 0 Å². The van der Waals surface area contributed by atoms with Crippen LogP contribution in [-0.4, -0.2) is 11.9 Å². The number of rotatable bonds is 2. The molecule has 2 nitrogen and oxygen atoms in total. The zero-order valence-electron chi connectivity index (χ0n) is 15.5. The largest absolute Gasteiger partial charge is 0.491 e. The van der Waals surface area contributed by atoms with Gasteiger partial charge in [-0.15, -0.1) is 0 Å². The number of hydrogen-bond donors (Lipinski definition) is 0. The number of ether oxygens (including phenoxy) is 1. The molecule has 0 aliphatic heterocycles. The summed E-state index contributed by atoms with van der Waals surface area (Å²) < 4.78 is 5.83. The lowest BCUT2D eigenvalue weighted by atomic mass is 9.53. The van der Waals surface area contributed by atoms with Gasteiger partial charge in [0.05, 0.1) is 6.10 Å². The maximum Gasteiger partial charge on any atom is 0.166 e. The van der Waals surface area contributed by atoms with Gasteiger partial charge in [-0.3, -0.25) is 4.79 Å². The molecule has 1 aromatic rings. The van der Waals surface area contributed by atoms with Crippen molar-refractivity contribution in [2.45, 2.75) is 71.8 Å². The molecule has 3 aliphatic rings. The molecule has 1 aromatic carbocycles. The van der Waals surface area contributed by atoms with Crippen LogP contribution < -0.4 is 4.74 Å². The van der Waals surface area contributed by atoms with E-state index in [-0.39, 0.29) is 12.0 Å². The van der Waals surface area contributed by atoms with Crippen molar-refractivity contribution in [1.29, 1.82) is 0 Å². The molecule has 3 aliphatic carbocycles. The van der Waals surface area contributed by atoms with Gasteiger partial charge in [-0.1, -0.05) is 26.3 Å². The lowest BCUT2D eigenvalue weighted by Gasteiger charge is -2.51. The van der Waals surface area contributed by atoms with Gasteiger partial charge in [0, 0.05) is 11.5 Å². The van der Waals surface area contributed by atoms with Crippen LogP contribution >= 0.6 is 0 Å². The minimum atomic E-state index is 0.140. The van der Waals surface area contributed by atoms with Gasteiger partial charge >= 0.3 is 0 Å². The minimum absolute atomic E-state index is 0.140. The van der Waals surface area contributed by atoms with Crippen LogP contribution in [0, 0.1) is 23.2 Å². The van der Waals surface area contributed by atoms with Crippen molar-refractivity contribution in [3.05, 3.63) is 29.3 Å². The van der Waals surface area contributed by atoms with Gasteiger partial charge in [-0.05, 0) is 80.4 Å². The molecule has 0 spiro atoms. The number of fused-ring (bicyclic) bond motifs is 5. The van der Waals surface area contributed by atoms with E-state index in [0.29, 0.717) is 23.0 Å². The Kier molecular flexibility index (Phi) is 3.78. The summed E-state index contributed by atoms with van der Waals surface area (Å²) in [6, 6.07) is 6.26. The Morgan fingerprint density at radius 3 is 2.75 bits per heavy atom. The van der Waals surface area contributed by atoms with Crippen molar-refractivity contribution in [2.24, 2.45) is 23.2 Å². The Morgan fingerprint density at radius 2 is 2.00 bits per heavy atom. The van der Waals surface area contributed by atoms with Gasteiger partial charge in [0.1, 0.15) is 5.75 Å². The third-order valence-electron chi connectivity index (χ3n) is 7.17. The maximum atomic E-state index is 13.1. The van der Waals surface area contributed by atoms with Gasteiger partial charge < -0.3 is 4.74 Å². The fraction of sp³-hybridized carbons (Fsp3) is 0.682. The first-order chi connectivity index (χ1) is 11.4. The van der Waals surface area contributed by atoms with E-state index in [2.05, 4.69) is 26.0 Å². The van der Waals surface area contributed by atoms with Gasteiger partial charge in [-0.25, -0.2) is 0 Å². The molecule has 0 saturated heterocycles. The first-order valence-corrected chi connectivity index (χ1v) is 9.75. The third kappa shape index (κ3) is 2.33. The lowest BCUT2D eigenvalue weighted by Crippen LogP contribution is -2.45. The smallest absolute Gasteiger partial charge is 0.166 e. The monoisotopic (exact) mass is 326 g/mol. The van der Waals surface area contributed by atoms with E-state index in [1.807, 2.05) is 19.9 Å². The molecule has 0 heterocycles. The molecule has 4 rings (SSSR count). The van der Waals surface area contributed by atoms with E-state index in [1.54, 1.807) is 0 Å². The summed E-state index contributed by atoms with van der Waals surface area (Å²) in [6.07, 6.45) is 6.73. The zero-order chi connectivity index (χ0) is 17.1. The summed E-state index contributed by atoms with van der Waals surface area (Å²) >= 11 is 0. The Balaban J connectivity index is 1.74. The molecule has 24 heavy (non-hydrogen) atoms. The van der Waals surface area contributed by atoms with E-state index in [0.717, 1.165) is 17.2 Å². The molecular formula is C22H30O2. The second kappa shape index (κ2) is 5.61. The molecule has 3 unspecified atom stereocenters. The van der Waals surface area contributed by atoms with Crippen LogP contribution in [0.3, 0.4) is 0 Å². The predicted molar refractivity (Wildman–Crippen MR) is 96.6 cm³/mol. The molecule has 2 heteroatoms. The molecule has 0 N–H and O–H groups in total. The van der Waals surface area contributed by atoms with Gasteiger partial charge in [0.2, 0.25) is 0 Å². The number of hydrogen-bond acceptors (Lipinski definition) is 2. The average Bonchev–Trinajstić information content (AvgIpc) is 2.93. The van der Waals surface area contributed by atoms with Crippen molar-refractivity contribution in [1.82, 2.24) is 0 Å². The summed E-state index contributed by atoms with van der Waals surface area (Å²) in [4.78, 5) is 13.1. The Bertz CT molecular complexity index is 662. The summed E-state index contributed by atoms with van der Waals surface area (Å²) in [5.41, 5.74) is 2.71. The molecule has 0 amide bonds. The SMILES string of the molecule is CC(C)Oc1ccc2c(c1)C(=O)[C@@H](C)C1C2CC[C@]2(C)CCCC12. The van der Waals surface area contributed by atoms with E-state index in [9.17, 15) is 4.79 Å². The van der Waals surface area contributed by atoms with Gasteiger partial charge in [0.15, 0.2) is 5.78 Å². The lowest BCUT2D eigenvalue weighted by molar-refractivity contribution is 0.0296. The van der Waals surface area contributed by atoms with Gasteiger partial charge in [0.25, 0.3) is 0 Å². The number of ketones is 1. The van der Waals surface area contributed by atoms with Crippen LogP contribution in [0.4, 0.5) is 0 Å². The zero-order valence-corrected chi connectivity index (χ0v) is 15.5. The molecule has 130 valence electrons. The minimum Gasteiger partial charge on any atom is -0.491 e. The molecule has 2 saturated carbocycles. The van der Waals surface area contributed by atoms with Crippen molar-refractivity contribution < 1.29 is 9.53 Å². The molecular weight excluding hydrogens is 296 g/mol. The molecule has 2 fully saturated rings. The topological polar surface area (TPSA) is 26.3 Å². The van der Waals surface area contributed by atoms with Crippen molar-refractivity contribution in [2.75, 3.05) is 0 Å². The van der Waals surface area contributed by atoms with Crippen molar-refractivity contribution >= 4 is 5.78 Å². The van der Waals surface area contributed by atoms with Gasteiger partial charge in [-0.2, -0.15) is 0 Å². The van der Waals surface area contributed by atoms with Crippen LogP contribution in [0.1, 0.15) is 81.6 Å². The molecule has 0 aromatic heterocycles. The van der Waals surface area contributed by atoms with E-state index in [4.69, 9.17) is 4.74 Å². The van der Waals surface area contributed by atoms with Crippen LogP contribution in [0.5, 0.6) is 5.75 Å². The first-order valence-electron chi connectivity index (χ1n) is 9.75. The van der Waals surface area contributed by atoms with Crippen molar-refractivity contribution in [3.63, 3.8) is 0 Å².